The average Bonchev–Trinajstić information content (AvgIpc) is 2.62. The third kappa shape index (κ3) is 4.94. The van der Waals surface area contributed by atoms with Gasteiger partial charge in [-0.05, 0) is 49.7 Å². The zero-order chi connectivity index (χ0) is 17.5. The Morgan fingerprint density at radius 3 is 2.64 bits per heavy atom. The van der Waals surface area contributed by atoms with Gasteiger partial charge in [-0.2, -0.15) is 4.98 Å². The monoisotopic (exact) mass is 334 g/mol. The standard InChI is InChI=1S/C20H22N4O/c1-3-25-18-9-7-17(8-10-18)23-20-21-12-11-19(24-20)22-14-16-6-4-5-15(2)13-16/h4-13H,3,14H2,1-2H3,(H2,21,22,23,24). The number of nitrogens with zero attached hydrogens (tertiary/aromatic N) is 2. The Kier molecular flexibility index (Phi) is 5.46. The van der Waals surface area contributed by atoms with E-state index in [0.717, 1.165) is 23.8 Å². The topological polar surface area (TPSA) is 59.1 Å². The maximum absolute atomic E-state index is 5.44. The Balaban J connectivity index is 1.62. The van der Waals surface area contributed by atoms with Crippen LogP contribution in [0.3, 0.4) is 0 Å². The average molecular weight is 334 g/mol. The van der Waals surface area contributed by atoms with Crippen LogP contribution < -0.4 is 15.4 Å². The van der Waals surface area contributed by atoms with Crippen molar-refractivity contribution in [2.45, 2.75) is 20.4 Å². The number of rotatable bonds is 7. The first kappa shape index (κ1) is 16.8. The van der Waals surface area contributed by atoms with E-state index in [4.69, 9.17) is 4.74 Å². The van der Waals surface area contributed by atoms with Crippen molar-refractivity contribution < 1.29 is 4.74 Å². The van der Waals surface area contributed by atoms with E-state index in [1.165, 1.54) is 11.1 Å². The molecule has 0 atom stereocenters. The maximum Gasteiger partial charge on any atom is 0.229 e. The molecule has 0 spiro atoms. The zero-order valence-corrected chi connectivity index (χ0v) is 14.5. The van der Waals surface area contributed by atoms with Gasteiger partial charge in [-0.25, -0.2) is 4.98 Å². The van der Waals surface area contributed by atoms with Crippen LogP contribution in [0, 0.1) is 6.92 Å². The molecule has 0 fully saturated rings. The van der Waals surface area contributed by atoms with E-state index in [1.807, 2.05) is 37.3 Å². The van der Waals surface area contributed by atoms with Crippen LogP contribution in [-0.4, -0.2) is 16.6 Å². The van der Waals surface area contributed by atoms with Crippen molar-refractivity contribution in [3.05, 3.63) is 71.9 Å². The van der Waals surface area contributed by atoms with Crippen LogP contribution in [-0.2, 0) is 6.54 Å². The molecule has 1 heterocycles. The Hall–Kier alpha value is -3.08. The van der Waals surface area contributed by atoms with Crippen LogP contribution in [0.15, 0.2) is 60.8 Å². The molecule has 0 bridgehead atoms. The number of aromatic nitrogens is 2. The van der Waals surface area contributed by atoms with Gasteiger partial charge >= 0.3 is 0 Å². The fourth-order valence-corrected chi connectivity index (χ4v) is 2.46. The Labute approximate surface area is 148 Å². The Morgan fingerprint density at radius 1 is 1.04 bits per heavy atom. The lowest BCUT2D eigenvalue weighted by Gasteiger charge is -2.09. The van der Waals surface area contributed by atoms with Gasteiger partial charge in [0, 0.05) is 18.4 Å². The van der Waals surface area contributed by atoms with E-state index < -0.39 is 0 Å². The number of nitrogens with one attached hydrogen (secondary N) is 2. The molecule has 3 rings (SSSR count). The molecule has 2 aromatic carbocycles. The first-order valence-electron chi connectivity index (χ1n) is 8.35. The Morgan fingerprint density at radius 2 is 1.88 bits per heavy atom. The molecular formula is C20H22N4O. The number of anilines is 3. The molecule has 0 aliphatic carbocycles. The molecule has 0 amide bonds. The third-order valence-electron chi connectivity index (χ3n) is 3.63. The van der Waals surface area contributed by atoms with Crippen LogP contribution in [0.4, 0.5) is 17.5 Å². The third-order valence-corrected chi connectivity index (χ3v) is 3.63. The normalized spacial score (nSPS) is 10.3. The van der Waals surface area contributed by atoms with Gasteiger partial charge in [-0.15, -0.1) is 0 Å². The van der Waals surface area contributed by atoms with Gasteiger partial charge in [0.25, 0.3) is 0 Å². The lowest BCUT2D eigenvalue weighted by atomic mass is 10.1. The molecule has 0 saturated carbocycles. The molecule has 25 heavy (non-hydrogen) atoms. The smallest absolute Gasteiger partial charge is 0.229 e. The van der Waals surface area contributed by atoms with E-state index in [1.54, 1.807) is 6.20 Å². The Bertz CT molecular complexity index is 818. The molecule has 1 aromatic heterocycles. The molecule has 5 heteroatoms. The van der Waals surface area contributed by atoms with Crippen LogP contribution in [0.25, 0.3) is 0 Å². The van der Waals surface area contributed by atoms with Crippen LogP contribution in [0.2, 0.25) is 0 Å². The predicted octanol–water partition coefficient (Wildman–Crippen LogP) is 4.54. The fraction of sp³-hybridized carbons (Fsp3) is 0.200. The van der Waals surface area contributed by atoms with E-state index in [2.05, 4.69) is 51.8 Å². The maximum atomic E-state index is 5.44. The summed E-state index contributed by atoms with van der Waals surface area (Å²) in [5.74, 6) is 2.19. The quantitative estimate of drug-likeness (QED) is 0.664. The summed E-state index contributed by atoms with van der Waals surface area (Å²) in [5.41, 5.74) is 3.39. The second-order valence-electron chi connectivity index (χ2n) is 5.69. The summed E-state index contributed by atoms with van der Waals surface area (Å²) in [7, 11) is 0. The molecule has 0 aliphatic rings. The summed E-state index contributed by atoms with van der Waals surface area (Å²) in [4.78, 5) is 8.77. The lowest BCUT2D eigenvalue weighted by Crippen LogP contribution is -2.04. The number of benzene rings is 2. The SMILES string of the molecule is CCOc1ccc(Nc2nccc(NCc3cccc(C)c3)n2)cc1. The van der Waals surface area contributed by atoms with Crippen molar-refractivity contribution in [1.29, 1.82) is 0 Å². The van der Waals surface area contributed by atoms with Crippen LogP contribution in [0.1, 0.15) is 18.1 Å². The molecule has 3 aromatic rings. The largest absolute Gasteiger partial charge is 0.494 e. The van der Waals surface area contributed by atoms with Gasteiger partial charge in [0.2, 0.25) is 5.95 Å². The molecule has 2 N–H and O–H groups in total. The molecule has 0 saturated heterocycles. The van der Waals surface area contributed by atoms with Crippen molar-refractivity contribution in [1.82, 2.24) is 9.97 Å². The summed E-state index contributed by atoms with van der Waals surface area (Å²) in [6.45, 7) is 5.44. The molecular weight excluding hydrogens is 312 g/mol. The molecule has 0 unspecified atom stereocenters. The first-order valence-corrected chi connectivity index (χ1v) is 8.35. The van der Waals surface area contributed by atoms with Gasteiger partial charge < -0.3 is 15.4 Å². The number of hydrogen-bond acceptors (Lipinski definition) is 5. The predicted molar refractivity (Wildman–Crippen MR) is 101 cm³/mol. The first-order chi connectivity index (χ1) is 12.2. The van der Waals surface area contributed by atoms with E-state index in [9.17, 15) is 0 Å². The van der Waals surface area contributed by atoms with Gasteiger partial charge in [0.15, 0.2) is 0 Å². The van der Waals surface area contributed by atoms with E-state index >= 15 is 0 Å². The molecule has 0 radical (unpaired) electrons. The second kappa shape index (κ2) is 8.15. The highest BCUT2D eigenvalue weighted by Gasteiger charge is 2.01. The minimum absolute atomic E-state index is 0.554. The van der Waals surface area contributed by atoms with E-state index in [-0.39, 0.29) is 0 Å². The zero-order valence-electron chi connectivity index (χ0n) is 14.5. The summed E-state index contributed by atoms with van der Waals surface area (Å²) in [6.07, 6.45) is 1.74. The highest BCUT2D eigenvalue weighted by atomic mass is 16.5. The summed E-state index contributed by atoms with van der Waals surface area (Å²) < 4.78 is 5.44. The summed E-state index contributed by atoms with van der Waals surface area (Å²) in [5, 5.41) is 6.53. The summed E-state index contributed by atoms with van der Waals surface area (Å²) >= 11 is 0. The fourth-order valence-electron chi connectivity index (χ4n) is 2.46. The van der Waals surface area contributed by atoms with Crippen molar-refractivity contribution in [3.8, 4) is 5.75 Å². The van der Waals surface area contributed by atoms with Crippen molar-refractivity contribution in [2.75, 3.05) is 17.2 Å². The highest BCUT2D eigenvalue weighted by molar-refractivity contribution is 5.55. The molecule has 128 valence electrons. The van der Waals surface area contributed by atoms with Crippen LogP contribution in [0.5, 0.6) is 5.75 Å². The van der Waals surface area contributed by atoms with Gasteiger partial charge in [0.1, 0.15) is 11.6 Å². The second-order valence-corrected chi connectivity index (χ2v) is 5.69. The van der Waals surface area contributed by atoms with Crippen molar-refractivity contribution >= 4 is 17.5 Å². The van der Waals surface area contributed by atoms with Gasteiger partial charge in [0.05, 0.1) is 6.61 Å². The minimum atomic E-state index is 0.554. The van der Waals surface area contributed by atoms with Crippen molar-refractivity contribution in [3.63, 3.8) is 0 Å². The number of aryl methyl sites for hydroxylation is 1. The number of ether oxygens (including phenoxy) is 1. The highest BCUT2D eigenvalue weighted by Crippen LogP contribution is 2.19. The minimum Gasteiger partial charge on any atom is -0.494 e. The van der Waals surface area contributed by atoms with Gasteiger partial charge in [-0.3, -0.25) is 0 Å². The van der Waals surface area contributed by atoms with Gasteiger partial charge in [-0.1, -0.05) is 29.8 Å². The van der Waals surface area contributed by atoms with E-state index in [0.29, 0.717) is 12.6 Å². The van der Waals surface area contributed by atoms with Crippen molar-refractivity contribution in [2.24, 2.45) is 0 Å². The number of hydrogen-bond donors (Lipinski definition) is 2. The lowest BCUT2D eigenvalue weighted by molar-refractivity contribution is 0.340. The summed E-state index contributed by atoms with van der Waals surface area (Å²) in [6, 6.07) is 18.0. The van der Waals surface area contributed by atoms with Crippen LogP contribution >= 0.6 is 0 Å². The molecule has 0 aliphatic heterocycles. The molecule has 5 nitrogen and oxygen atoms in total.